The summed E-state index contributed by atoms with van der Waals surface area (Å²) in [6.07, 6.45) is 3.80. The number of benzene rings is 1. The molecule has 0 bridgehead atoms. The van der Waals surface area contributed by atoms with Crippen molar-refractivity contribution in [2.75, 3.05) is 20.3 Å². The molecule has 0 radical (unpaired) electrons. The van der Waals surface area contributed by atoms with E-state index in [0.717, 1.165) is 25.7 Å². The van der Waals surface area contributed by atoms with Crippen LogP contribution in [-0.4, -0.2) is 38.8 Å². The van der Waals surface area contributed by atoms with E-state index in [1.807, 2.05) is 0 Å². The number of hydrogen-bond donors (Lipinski definition) is 2. The summed E-state index contributed by atoms with van der Waals surface area (Å²) in [4.78, 5) is 4.57. The van der Waals surface area contributed by atoms with Gasteiger partial charge in [-0.05, 0) is 37.1 Å². The van der Waals surface area contributed by atoms with Crippen LogP contribution in [0.2, 0.25) is 0 Å². The minimum atomic E-state index is -3.57. The molecule has 1 aliphatic carbocycles. The molecular formula is C16H23ClN4O4S. The van der Waals surface area contributed by atoms with Crippen LogP contribution in [0.3, 0.4) is 0 Å². The monoisotopic (exact) mass is 402 g/mol. The maximum Gasteiger partial charge on any atom is 0.257 e. The summed E-state index contributed by atoms with van der Waals surface area (Å²) >= 11 is 0. The standard InChI is InChI=1S/C16H22N4O4S.ClH/c1-23-11-10-18-25(21,22)13-6-4-12(5-7-13)14-19-15(20-24-14)16(17)8-2-3-9-16;/h4-7,18H,2-3,8-11,17H2,1H3;1H. The van der Waals surface area contributed by atoms with Gasteiger partial charge in [-0.3, -0.25) is 0 Å². The molecule has 2 aromatic rings. The Bertz CT molecular complexity index is 817. The van der Waals surface area contributed by atoms with Crippen molar-refractivity contribution in [2.24, 2.45) is 5.73 Å². The third-order valence-electron chi connectivity index (χ3n) is 4.38. The van der Waals surface area contributed by atoms with E-state index in [1.165, 1.54) is 19.2 Å². The molecule has 1 aliphatic rings. The molecule has 3 rings (SSSR count). The molecular weight excluding hydrogens is 380 g/mol. The third-order valence-corrected chi connectivity index (χ3v) is 5.85. The lowest BCUT2D eigenvalue weighted by atomic mass is 9.99. The molecule has 0 amide bonds. The zero-order chi connectivity index (χ0) is 17.9. The lowest BCUT2D eigenvalue weighted by Crippen LogP contribution is -2.34. The number of nitrogens with zero attached hydrogens (tertiary/aromatic N) is 2. The number of rotatable bonds is 7. The van der Waals surface area contributed by atoms with Gasteiger partial charge in [-0.15, -0.1) is 12.4 Å². The van der Waals surface area contributed by atoms with Crippen molar-refractivity contribution in [2.45, 2.75) is 36.1 Å². The van der Waals surface area contributed by atoms with Crippen LogP contribution >= 0.6 is 12.4 Å². The summed E-state index contributed by atoms with van der Waals surface area (Å²) in [5.74, 6) is 0.848. The summed E-state index contributed by atoms with van der Waals surface area (Å²) in [5, 5.41) is 4.01. The zero-order valence-corrected chi connectivity index (χ0v) is 16.1. The van der Waals surface area contributed by atoms with Crippen molar-refractivity contribution >= 4 is 22.4 Å². The fraction of sp³-hybridized carbons (Fsp3) is 0.500. The number of methoxy groups -OCH3 is 1. The van der Waals surface area contributed by atoms with Crippen molar-refractivity contribution in [3.05, 3.63) is 30.1 Å². The molecule has 0 spiro atoms. The van der Waals surface area contributed by atoms with E-state index in [2.05, 4.69) is 14.9 Å². The minimum Gasteiger partial charge on any atom is -0.383 e. The van der Waals surface area contributed by atoms with E-state index in [0.29, 0.717) is 23.9 Å². The average Bonchev–Trinajstić information content (AvgIpc) is 3.25. The van der Waals surface area contributed by atoms with Crippen molar-refractivity contribution in [1.29, 1.82) is 0 Å². The summed E-state index contributed by atoms with van der Waals surface area (Å²) in [6, 6.07) is 6.28. The van der Waals surface area contributed by atoms with E-state index in [9.17, 15) is 8.42 Å². The molecule has 0 atom stereocenters. The Morgan fingerprint density at radius 1 is 1.27 bits per heavy atom. The summed E-state index contributed by atoms with van der Waals surface area (Å²) in [5.41, 5.74) is 6.46. The van der Waals surface area contributed by atoms with Crippen LogP contribution in [0.15, 0.2) is 33.7 Å². The Morgan fingerprint density at radius 2 is 1.92 bits per heavy atom. The average molecular weight is 403 g/mol. The Labute approximate surface area is 159 Å². The summed E-state index contributed by atoms with van der Waals surface area (Å²) in [6.45, 7) is 0.523. The molecule has 0 unspecified atom stereocenters. The summed E-state index contributed by atoms with van der Waals surface area (Å²) < 4.78 is 36.9. The fourth-order valence-electron chi connectivity index (χ4n) is 2.91. The lowest BCUT2D eigenvalue weighted by Gasteiger charge is -2.17. The Kier molecular flexibility index (Phi) is 6.75. The maximum atomic E-state index is 12.1. The van der Waals surface area contributed by atoms with Gasteiger partial charge in [0.1, 0.15) is 0 Å². The SMILES string of the molecule is COCCNS(=O)(=O)c1ccc(-c2nc(C3(N)CCCC3)no2)cc1.Cl. The van der Waals surface area contributed by atoms with Crippen molar-refractivity contribution in [1.82, 2.24) is 14.9 Å². The molecule has 10 heteroatoms. The van der Waals surface area contributed by atoms with Gasteiger partial charge in [0.05, 0.1) is 17.0 Å². The predicted molar refractivity (Wildman–Crippen MR) is 98.4 cm³/mol. The second-order valence-electron chi connectivity index (χ2n) is 6.20. The number of halogens is 1. The molecule has 1 aromatic heterocycles. The number of nitrogens with two attached hydrogens (primary N) is 1. The van der Waals surface area contributed by atoms with Crippen LogP contribution in [-0.2, 0) is 20.3 Å². The first kappa shape index (κ1) is 20.8. The van der Waals surface area contributed by atoms with Crippen LogP contribution in [0.5, 0.6) is 0 Å². The van der Waals surface area contributed by atoms with Gasteiger partial charge in [0.2, 0.25) is 10.0 Å². The van der Waals surface area contributed by atoms with Crippen molar-refractivity contribution in [3.8, 4) is 11.5 Å². The molecule has 0 aliphatic heterocycles. The maximum absolute atomic E-state index is 12.1. The van der Waals surface area contributed by atoms with E-state index in [1.54, 1.807) is 12.1 Å². The molecule has 3 N–H and O–H groups in total. The Balaban J connectivity index is 0.00000243. The fourth-order valence-corrected chi connectivity index (χ4v) is 3.92. The van der Waals surface area contributed by atoms with Gasteiger partial charge < -0.3 is 15.0 Å². The van der Waals surface area contributed by atoms with Gasteiger partial charge in [-0.2, -0.15) is 4.98 Å². The van der Waals surface area contributed by atoms with Crippen molar-refractivity contribution in [3.63, 3.8) is 0 Å². The highest BCUT2D eigenvalue weighted by Gasteiger charge is 2.36. The van der Waals surface area contributed by atoms with Gasteiger partial charge in [-0.25, -0.2) is 13.1 Å². The number of ether oxygens (including phenoxy) is 1. The highest BCUT2D eigenvalue weighted by Crippen LogP contribution is 2.35. The molecule has 1 saturated carbocycles. The van der Waals surface area contributed by atoms with Crippen LogP contribution in [0.25, 0.3) is 11.5 Å². The van der Waals surface area contributed by atoms with Gasteiger partial charge in [0.15, 0.2) is 5.82 Å². The summed E-state index contributed by atoms with van der Waals surface area (Å²) in [7, 11) is -2.05. The van der Waals surface area contributed by atoms with E-state index >= 15 is 0 Å². The number of aromatic nitrogens is 2. The van der Waals surface area contributed by atoms with Crippen LogP contribution in [0.4, 0.5) is 0 Å². The number of nitrogens with one attached hydrogen (secondary N) is 1. The Morgan fingerprint density at radius 3 is 2.54 bits per heavy atom. The first-order valence-corrected chi connectivity index (χ1v) is 9.65. The molecule has 1 fully saturated rings. The van der Waals surface area contributed by atoms with E-state index < -0.39 is 15.6 Å². The first-order valence-electron chi connectivity index (χ1n) is 8.17. The lowest BCUT2D eigenvalue weighted by molar-refractivity contribution is 0.204. The van der Waals surface area contributed by atoms with Gasteiger partial charge >= 0.3 is 0 Å². The van der Waals surface area contributed by atoms with E-state index in [4.69, 9.17) is 15.0 Å². The number of sulfonamides is 1. The highest BCUT2D eigenvalue weighted by atomic mass is 35.5. The van der Waals surface area contributed by atoms with Gasteiger partial charge in [0.25, 0.3) is 5.89 Å². The molecule has 8 nitrogen and oxygen atoms in total. The molecule has 1 aromatic carbocycles. The second kappa shape index (κ2) is 8.45. The topological polar surface area (TPSA) is 120 Å². The molecule has 0 saturated heterocycles. The normalized spacial score (nSPS) is 16.4. The van der Waals surface area contributed by atoms with Crippen LogP contribution < -0.4 is 10.5 Å². The minimum absolute atomic E-state index is 0. The predicted octanol–water partition coefficient (Wildman–Crippen LogP) is 1.81. The highest BCUT2D eigenvalue weighted by molar-refractivity contribution is 7.89. The number of hydrogen-bond acceptors (Lipinski definition) is 7. The third kappa shape index (κ3) is 4.41. The smallest absolute Gasteiger partial charge is 0.257 e. The second-order valence-corrected chi connectivity index (χ2v) is 7.97. The van der Waals surface area contributed by atoms with E-state index in [-0.39, 0.29) is 23.8 Å². The Hall–Kier alpha value is -1.52. The zero-order valence-electron chi connectivity index (χ0n) is 14.5. The van der Waals surface area contributed by atoms with Gasteiger partial charge in [-0.1, -0.05) is 18.0 Å². The van der Waals surface area contributed by atoms with Crippen LogP contribution in [0, 0.1) is 0 Å². The van der Waals surface area contributed by atoms with Crippen LogP contribution in [0.1, 0.15) is 31.5 Å². The van der Waals surface area contributed by atoms with Crippen molar-refractivity contribution < 1.29 is 17.7 Å². The van der Waals surface area contributed by atoms with Gasteiger partial charge in [0, 0.05) is 19.2 Å². The molecule has 144 valence electrons. The largest absolute Gasteiger partial charge is 0.383 e. The first-order chi connectivity index (χ1) is 11.9. The quantitative estimate of drug-likeness (QED) is 0.677. The molecule has 1 heterocycles. The molecule has 26 heavy (non-hydrogen) atoms.